The van der Waals surface area contributed by atoms with Crippen molar-refractivity contribution >= 4 is 0 Å². The molecule has 0 saturated heterocycles. The number of nitrogens with zero attached hydrogens (tertiary/aromatic N) is 4. The molecule has 2 aromatic rings. The van der Waals surface area contributed by atoms with Crippen LogP contribution in [-0.4, -0.2) is 46.4 Å². The van der Waals surface area contributed by atoms with Gasteiger partial charge in [-0.2, -0.15) is 0 Å². The van der Waals surface area contributed by atoms with Gasteiger partial charge in [0.1, 0.15) is 0 Å². The van der Waals surface area contributed by atoms with Gasteiger partial charge in [0, 0.05) is 38.6 Å². The van der Waals surface area contributed by atoms with E-state index in [9.17, 15) is 0 Å². The fourth-order valence-electron chi connectivity index (χ4n) is 2.46. The second-order valence-corrected chi connectivity index (χ2v) is 5.66. The highest BCUT2D eigenvalue weighted by molar-refractivity contribution is 5.06. The van der Waals surface area contributed by atoms with Gasteiger partial charge in [-0.15, -0.1) is 0 Å². The fraction of sp³-hybridized carbons (Fsp3) is 0.545. The maximum atomic E-state index is 4.45. The molecule has 2 aromatic heterocycles. The molecule has 0 N–H and O–H groups in total. The number of pyridine rings is 2. The molecule has 0 aromatic carbocycles. The van der Waals surface area contributed by atoms with Gasteiger partial charge in [0.15, 0.2) is 0 Å². The molecule has 0 radical (unpaired) electrons. The van der Waals surface area contributed by atoms with Gasteiger partial charge in [-0.25, -0.2) is 0 Å². The van der Waals surface area contributed by atoms with E-state index in [4.69, 9.17) is 0 Å². The van der Waals surface area contributed by atoms with Crippen LogP contribution in [0.4, 0.5) is 0 Å². The third-order valence-corrected chi connectivity index (χ3v) is 3.63. The van der Waals surface area contributed by atoms with Crippen LogP contribution < -0.4 is 0 Å². The SMILES string of the molecule is CC.CC.CCCN(C)CCN(Cc1ccccn1)Cc1ccccn1. The Morgan fingerprint density at radius 2 is 1.23 bits per heavy atom. The van der Waals surface area contributed by atoms with Crippen LogP contribution in [0.5, 0.6) is 0 Å². The van der Waals surface area contributed by atoms with Crippen molar-refractivity contribution in [3.05, 3.63) is 60.2 Å². The molecule has 0 spiro atoms. The Kier molecular flexibility index (Phi) is 15.5. The molecular formula is C22H38N4. The minimum atomic E-state index is 0.859. The maximum absolute atomic E-state index is 4.45. The zero-order valence-electron chi connectivity index (χ0n) is 17.7. The summed E-state index contributed by atoms with van der Waals surface area (Å²) in [4.78, 5) is 13.7. The van der Waals surface area contributed by atoms with Crippen LogP contribution >= 0.6 is 0 Å². The van der Waals surface area contributed by atoms with E-state index in [2.05, 4.69) is 45.9 Å². The van der Waals surface area contributed by atoms with Crippen molar-refractivity contribution in [3.63, 3.8) is 0 Å². The summed E-state index contributed by atoms with van der Waals surface area (Å²) in [7, 11) is 2.18. The molecule has 2 heterocycles. The van der Waals surface area contributed by atoms with Gasteiger partial charge < -0.3 is 4.90 Å². The Labute approximate surface area is 161 Å². The molecule has 0 bridgehead atoms. The van der Waals surface area contributed by atoms with Gasteiger partial charge >= 0.3 is 0 Å². The number of rotatable bonds is 9. The lowest BCUT2D eigenvalue weighted by Gasteiger charge is -2.25. The van der Waals surface area contributed by atoms with Crippen molar-refractivity contribution in [1.82, 2.24) is 19.8 Å². The Balaban J connectivity index is 0.00000146. The summed E-state index contributed by atoms with van der Waals surface area (Å²) in [5.41, 5.74) is 2.22. The molecule has 0 aliphatic carbocycles. The van der Waals surface area contributed by atoms with Crippen molar-refractivity contribution in [2.45, 2.75) is 54.1 Å². The molecule has 2 rings (SSSR count). The smallest absolute Gasteiger partial charge is 0.0544 e. The van der Waals surface area contributed by atoms with E-state index in [1.54, 1.807) is 0 Å². The normalized spacial score (nSPS) is 10.0. The maximum Gasteiger partial charge on any atom is 0.0544 e. The van der Waals surface area contributed by atoms with Gasteiger partial charge in [0.2, 0.25) is 0 Å². The summed E-state index contributed by atoms with van der Waals surface area (Å²) >= 11 is 0. The number of likely N-dealkylation sites (N-methyl/N-ethyl adjacent to an activating group) is 1. The number of hydrogen-bond acceptors (Lipinski definition) is 4. The van der Waals surface area contributed by atoms with E-state index in [-0.39, 0.29) is 0 Å². The van der Waals surface area contributed by atoms with E-state index >= 15 is 0 Å². The van der Waals surface area contributed by atoms with E-state index in [0.29, 0.717) is 0 Å². The molecule has 0 saturated carbocycles. The third kappa shape index (κ3) is 11.0. The van der Waals surface area contributed by atoms with Crippen LogP contribution in [0.2, 0.25) is 0 Å². The fourth-order valence-corrected chi connectivity index (χ4v) is 2.46. The van der Waals surface area contributed by atoms with E-state index < -0.39 is 0 Å². The first kappa shape index (κ1) is 24.2. The largest absolute Gasteiger partial charge is 0.305 e. The van der Waals surface area contributed by atoms with Crippen molar-refractivity contribution < 1.29 is 0 Å². The van der Waals surface area contributed by atoms with Crippen molar-refractivity contribution in [3.8, 4) is 0 Å². The summed E-state index contributed by atoms with van der Waals surface area (Å²) in [6, 6.07) is 12.2. The van der Waals surface area contributed by atoms with Gasteiger partial charge in [0.25, 0.3) is 0 Å². The van der Waals surface area contributed by atoms with Crippen LogP contribution in [0.1, 0.15) is 52.4 Å². The van der Waals surface area contributed by atoms with E-state index in [1.165, 1.54) is 6.42 Å². The van der Waals surface area contributed by atoms with Crippen molar-refractivity contribution in [1.29, 1.82) is 0 Å². The lowest BCUT2D eigenvalue weighted by atomic mass is 10.3. The minimum Gasteiger partial charge on any atom is -0.305 e. The average molecular weight is 359 g/mol. The van der Waals surface area contributed by atoms with Gasteiger partial charge in [-0.1, -0.05) is 46.8 Å². The summed E-state index contributed by atoms with van der Waals surface area (Å²) < 4.78 is 0. The zero-order valence-corrected chi connectivity index (χ0v) is 17.7. The van der Waals surface area contributed by atoms with Crippen LogP contribution in [0.15, 0.2) is 48.8 Å². The predicted molar refractivity (Wildman–Crippen MR) is 113 cm³/mol. The van der Waals surface area contributed by atoms with Gasteiger partial charge in [-0.3, -0.25) is 14.9 Å². The minimum absolute atomic E-state index is 0.859. The predicted octanol–water partition coefficient (Wildman–Crippen LogP) is 4.87. The van der Waals surface area contributed by atoms with Gasteiger partial charge in [-0.05, 0) is 44.3 Å². The number of hydrogen-bond donors (Lipinski definition) is 0. The second-order valence-electron chi connectivity index (χ2n) is 5.66. The first-order valence-electron chi connectivity index (χ1n) is 9.98. The highest BCUT2D eigenvalue weighted by Crippen LogP contribution is 2.07. The Bertz CT molecular complexity index is 475. The quantitative estimate of drug-likeness (QED) is 0.640. The molecular weight excluding hydrogens is 320 g/mol. The van der Waals surface area contributed by atoms with E-state index in [1.807, 2.05) is 64.4 Å². The highest BCUT2D eigenvalue weighted by atomic mass is 15.2. The lowest BCUT2D eigenvalue weighted by Crippen LogP contribution is -2.33. The molecule has 26 heavy (non-hydrogen) atoms. The molecule has 0 aliphatic rings. The Hall–Kier alpha value is -1.78. The Morgan fingerprint density at radius 3 is 1.62 bits per heavy atom. The summed E-state index contributed by atoms with van der Waals surface area (Å²) in [6.07, 6.45) is 4.91. The molecule has 146 valence electrons. The van der Waals surface area contributed by atoms with E-state index in [0.717, 1.165) is 44.1 Å². The molecule has 0 amide bonds. The van der Waals surface area contributed by atoms with Crippen LogP contribution in [0, 0.1) is 0 Å². The van der Waals surface area contributed by atoms with Crippen molar-refractivity contribution in [2.24, 2.45) is 0 Å². The topological polar surface area (TPSA) is 32.3 Å². The molecule has 4 nitrogen and oxygen atoms in total. The molecule has 0 atom stereocenters. The van der Waals surface area contributed by atoms with Crippen molar-refractivity contribution in [2.75, 3.05) is 26.7 Å². The highest BCUT2D eigenvalue weighted by Gasteiger charge is 2.09. The standard InChI is InChI=1S/C18H26N4.2C2H6/c1-3-12-21(2)13-14-22(15-17-8-4-6-10-19-17)16-18-9-5-7-11-20-18;2*1-2/h4-11H,3,12-16H2,1-2H3;2*1-2H3. The van der Waals surface area contributed by atoms with Crippen LogP contribution in [0.3, 0.4) is 0 Å². The molecule has 0 unspecified atom stereocenters. The zero-order chi connectivity index (χ0) is 19.6. The first-order chi connectivity index (χ1) is 12.8. The second kappa shape index (κ2) is 16.7. The summed E-state index contributed by atoms with van der Waals surface area (Å²) in [6.45, 7) is 15.2. The summed E-state index contributed by atoms with van der Waals surface area (Å²) in [5, 5.41) is 0. The average Bonchev–Trinajstić information content (AvgIpc) is 2.71. The van der Waals surface area contributed by atoms with Crippen LogP contribution in [-0.2, 0) is 13.1 Å². The monoisotopic (exact) mass is 358 g/mol. The van der Waals surface area contributed by atoms with Crippen LogP contribution in [0.25, 0.3) is 0 Å². The van der Waals surface area contributed by atoms with Gasteiger partial charge in [0.05, 0.1) is 11.4 Å². The summed E-state index contributed by atoms with van der Waals surface area (Å²) in [5.74, 6) is 0. The lowest BCUT2D eigenvalue weighted by molar-refractivity contribution is 0.208. The molecule has 0 fully saturated rings. The number of aromatic nitrogens is 2. The molecule has 0 aliphatic heterocycles. The Morgan fingerprint density at radius 1 is 0.731 bits per heavy atom. The first-order valence-corrected chi connectivity index (χ1v) is 9.98. The molecule has 4 heteroatoms. The third-order valence-electron chi connectivity index (χ3n) is 3.63.